The molecule has 0 amide bonds. The molecular formula is C10H12O. The molecule has 0 aliphatic carbocycles. The highest BCUT2D eigenvalue weighted by Crippen LogP contribution is 2.09. The van der Waals surface area contributed by atoms with Crippen LogP contribution in [0.1, 0.15) is 6.92 Å². The minimum atomic E-state index is 0.0928. The van der Waals surface area contributed by atoms with Crippen molar-refractivity contribution in [1.82, 2.24) is 0 Å². The maximum atomic E-state index is 5.52. The number of hydrogen-bond acceptors (Lipinski definition) is 1. The summed E-state index contributed by atoms with van der Waals surface area (Å²) >= 11 is 0. The van der Waals surface area contributed by atoms with E-state index in [0.29, 0.717) is 6.61 Å². The fourth-order valence-corrected chi connectivity index (χ4v) is 0.744. The van der Waals surface area contributed by atoms with Crippen molar-refractivity contribution in [3.05, 3.63) is 37.3 Å². The van der Waals surface area contributed by atoms with Gasteiger partial charge in [0, 0.05) is 0 Å². The quantitative estimate of drug-likeness (QED) is 0.639. The highest BCUT2D eigenvalue weighted by molar-refractivity contribution is 5.20. The van der Waals surface area contributed by atoms with Crippen LogP contribution in [-0.4, -0.2) is 6.61 Å². The zero-order valence-corrected chi connectivity index (χ0v) is 6.66. The molecule has 0 bridgehead atoms. The molecule has 11 heavy (non-hydrogen) atoms. The lowest BCUT2D eigenvalue weighted by atomic mass is 10.2. The summed E-state index contributed by atoms with van der Waals surface area (Å²) in [6.07, 6.45) is 0. The van der Waals surface area contributed by atoms with Crippen molar-refractivity contribution >= 4 is 0 Å². The molecule has 2 radical (unpaired) electrons. The standard InChI is InChI=1S/C10H12O/c1-9(2)8-11-10-6-4-3-5-7-10/h1,3-7,9H,8H2,2H3. The van der Waals surface area contributed by atoms with Gasteiger partial charge in [-0.25, -0.2) is 0 Å². The molecule has 1 aromatic carbocycles. The first-order chi connectivity index (χ1) is 5.29. The largest absolute Gasteiger partial charge is 0.493 e. The Bertz CT molecular complexity index is 191. The van der Waals surface area contributed by atoms with Gasteiger partial charge in [0.1, 0.15) is 5.75 Å². The van der Waals surface area contributed by atoms with Crippen molar-refractivity contribution in [2.45, 2.75) is 6.92 Å². The molecule has 1 rings (SSSR count). The van der Waals surface area contributed by atoms with Gasteiger partial charge in [-0.15, -0.1) is 0 Å². The van der Waals surface area contributed by atoms with Crippen LogP contribution in [0.15, 0.2) is 30.3 Å². The third kappa shape index (κ3) is 3.08. The van der Waals surface area contributed by atoms with Crippen LogP contribution in [0.4, 0.5) is 0 Å². The first kappa shape index (κ1) is 8.12. The fraction of sp³-hybridized carbons (Fsp3) is 0.300. The lowest BCUT2D eigenvalue weighted by molar-refractivity contribution is 0.284. The van der Waals surface area contributed by atoms with Crippen molar-refractivity contribution in [2.75, 3.05) is 6.61 Å². The second-order valence-corrected chi connectivity index (χ2v) is 2.60. The van der Waals surface area contributed by atoms with E-state index in [9.17, 15) is 0 Å². The first-order valence-electron chi connectivity index (χ1n) is 3.72. The summed E-state index contributed by atoms with van der Waals surface area (Å²) in [6, 6.07) is 9.68. The molecule has 0 aliphatic rings. The molecule has 0 heterocycles. The van der Waals surface area contributed by atoms with Gasteiger partial charge in [-0.2, -0.15) is 0 Å². The Morgan fingerprint density at radius 3 is 2.55 bits per heavy atom. The van der Waals surface area contributed by atoms with E-state index in [2.05, 4.69) is 0 Å². The number of para-hydroxylation sites is 1. The van der Waals surface area contributed by atoms with E-state index >= 15 is 0 Å². The molecule has 58 valence electrons. The maximum absolute atomic E-state index is 5.52. The van der Waals surface area contributed by atoms with Crippen LogP contribution in [0.5, 0.6) is 5.75 Å². The van der Waals surface area contributed by atoms with Crippen LogP contribution < -0.4 is 4.74 Å². The number of hydrogen-bond donors (Lipinski definition) is 0. The van der Waals surface area contributed by atoms with Crippen LogP contribution in [-0.2, 0) is 0 Å². The Hall–Kier alpha value is -0.980. The fourth-order valence-electron chi connectivity index (χ4n) is 0.744. The van der Waals surface area contributed by atoms with E-state index in [1.54, 1.807) is 0 Å². The van der Waals surface area contributed by atoms with Gasteiger partial charge in [0.2, 0.25) is 0 Å². The molecule has 0 saturated heterocycles. The van der Waals surface area contributed by atoms with E-state index in [1.807, 2.05) is 37.3 Å². The molecule has 1 heteroatoms. The molecule has 0 N–H and O–H groups in total. The minimum Gasteiger partial charge on any atom is -0.493 e. The van der Waals surface area contributed by atoms with E-state index in [4.69, 9.17) is 11.7 Å². The van der Waals surface area contributed by atoms with E-state index < -0.39 is 0 Å². The molecule has 0 spiro atoms. The summed E-state index contributed by atoms with van der Waals surface area (Å²) in [4.78, 5) is 0. The molecule has 0 aliphatic heterocycles. The van der Waals surface area contributed by atoms with Gasteiger partial charge in [-0.1, -0.05) is 25.1 Å². The van der Waals surface area contributed by atoms with Crippen LogP contribution >= 0.6 is 0 Å². The van der Waals surface area contributed by atoms with Gasteiger partial charge in [-0.05, 0) is 25.0 Å². The van der Waals surface area contributed by atoms with Crippen molar-refractivity contribution in [3.8, 4) is 5.75 Å². The molecule has 1 unspecified atom stereocenters. The zero-order chi connectivity index (χ0) is 8.10. The van der Waals surface area contributed by atoms with E-state index in [1.165, 1.54) is 0 Å². The molecule has 1 atom stereocenters. The summed E-state index contributed by atoms with van der Waals surface area (Å²) in [5.41, 5.74) is 0. The average molecular weight is 148 g/mol. The first-order valence-corrected chi connectivity index (χ1v) is 3.72. The summed E-state index contributed by atoms with van der Waals surface area (Å²) in [6.45, 7) is 8.01. The minimum absolute atomic E-state index is 0.0928. The summed E-state index contributed by atoms with van der Waals surface area (Å²) in [7, 11) is 0. The Balaban J connectivity index is 2.39. The van der Waals surface area contributed by atoms with Crippen LogP contribution in [0.25, 0.3) is 0 Å². The normalized spacial score (nSPS) is 10.1. The van der Waals surface area contributed by atoms with E-state index in [0.717, 1.165) is 5.75 Å². The van der Waals surface area contributed by atoms with Crippen LogP contribution in [0, 0.1) is 12.8 Å². The second kappa shape index (κ2) is 4.02. The van der Waals surface area contributed by atoms with Gasteiger partial charge in [0.25, 0.3) is 0 Å². The molecule has 1 aromatic rings. The number of rotatable bonds is 3. The van der Waals surface area contributed by atoms with Gasteiger partial charge in [0.05, 0.1) is 6.61 Å². The second-order valence-electron chi connectivity index (χ2n) is 2.60. The van der Waals surface area contributed by atoms with Gasteiger partial charge in [-0.3, -0.25) is 0 Å². The highest BCUT2D eigenvalue weighted by Gasteiger charge is 1.94. The van der Waals surface area contributed by atoms with Crippen LogP contribution in [0.3, 0.4) is 0 Å². The molecule has 0 saturated carbocycles. The average Bonchev–Trinajstić information content (AvgIpc) is 2.03. The van der Waals surface area contributed by atoms with E-state index in [-0.39, 0.29) is 5.92 Å². The topological polar surface area (TPSA) is 9.23 Å². The Morgan fingerprint density at radius 2 is 2.00 bits per heavy atom. The predicted molar refractivity (Wildman–Crippen MR) is 45.4 cm³/mol. The smallest absolute Gasteiger partial charge is 0.119 e. The molecule has 1 nitrogen and oxygen atoms in total. The van der Waals surface area contributed by atoms with Gasteiger partial charge >= 0.3 is 0 Å². The number of ether oxygens (including phenoxy) is 1. The lowest BCUT2D eigenvalue weighted by Gasteiger charge is -2.07. The Kier molecular flexibility index (Phi) is 2.96. The monoisotopic (exact) mass is 148 g/mol. The lowest BCUT2D eigenvalue weighted by Crippen LogP contribution is -2.04. The van der Waals surface area contributed by atoms with Crippen molar-refractivity contribution < 1.29 is 4.74 Å². The van der Waals surface area contributed by atoms with Gasteiger partial charge in [0.15, 0.2) is 0 Å². The van der Waals surface area contributed by atoms with Gasteiger partial charge < -0.3 is 4.74 Å². The third-order valence-corrected chi connectivity index (χ3v) is 1.26. The molecule has 0 fully saturated rings. The third-order valence-electron chi connectivity index (χ3n) is 1.26. The summed E-state index contributed by atoms with van der Waals surface area (Å²) in [5.74, 6) is 0.972. The van der Waals surface area contributed by atoms with Crippen LogP contribution in [0.2, 0.25) is 0 Å². The molecule has 0 aromatic heterocycles. The predicted octanol–water partition coefficient (Wildman–Crippen LogP) is 2.41. The van der Waals surface area contributed by atoms with Crippen molar-refractivity contribution in [2.24, 2.45) is 5.92 Å². The number of benzene rings is 1. The highest BCUT2D eigenvalue weighted by atomic mass is 16.5. The Labute approximate surface area is 68.0 Å². The Morgan fingerprint density at radius 1 is 1.36 bits per heavy atom. The molecular weight excluding hydrogens is 136 g/mol. The van der Waals surface area contributed by atoms with Crippen molar-refractivity contribution in [1.29, 1.82) is 0 Å². The van der Waals surface area contributed by atoms with Crippen molar-refractivity contribution in [3.63, 3.8) is 0 Å². The summed E-state index contributed by atoms with van der Waals surface area (Å²) < 4.78 is 5.34. The summed E-state index contributed by atoms with van der Waals surface area (Å²) in [5, 5.41) is 0. The maximum Gasteiger partial charge on any atom is 0.119 e. The SMILES string of the molecule is [CH]C(C)COc1ccccc1. The zero-order valence-electron chi connectivity index (χ0n) is 6.66.